The van der Waals surface area contributed by atoms with Crippen molar-refractivity contribution in [2.45, 2.75) is 6.04 Å². The van der Waals surface area contributed by atoms with E-state index in [1.807, 2.05) is 7.05 Å². The smallest absolute Gasteiger partial charge is 0.276 e. The number of aromatic nitrogens is 3. The highest BCUT2D eigenvalue weighted by atomic mass is 16.5. The van der Waals surface area contributed by atoms with Gasteiger partial charge in [0.25, 0.3) is 5.89 Å². The highest BCUT2D eigenvalue weighted by Crippen LogP contribution is 2.21. The van der Waals surface area contributed by atoms with Gasteiger partial charge in [0, 0.05) is 25.8 Å². The minimum atomic E-state index is -0.518. The van der Waals surface area contributed by atoms with Crippen molar-refractivity contribution in [2.75, 3.05) is 26.7 Å². The largest absolute Gasteiger partial charge is 0.366 e. The SMILES string of the molecule is CN1CCNCC1c1noc(-c2ccc(C(N)=O)cn2)n1. The Hall–Kier alpha value is -2.32. The lowest BCUT2D eigenvalue weighted by Gasteiger charge is -2.30. The molecule has 0 radical (unpaired) electrons. The van der Waals surface area contributed by atoms with E-state index in [0.717, 1.165) is 19.6 Å². The molecule has 3 N–H and O–H groups in total. The van der Waals surface area contributed by atoms with Crippen LogP contribution in [0.3, 0.4) is 0 Å². The molecule has 1 amide bonds. The van der Waals surface area contributed by atoms with Gasteiger partial charge >= 0.3 is 0 Å². The number of primary amides is 1. The summed E-state index contributed by atoms with van der Waals surface area (Å²) in [5.41, 5.74) is 6.04. The van der Waals surface area contributed by atoms with Gasteiger partial charge in [-0.1, -0.05) is 5.16 Å². The molecule has 3 rings (SSSR count). The number of piperazine rings is 1. The normalized spacial score (nSPS) is 19.6. The lowest BCUT2D eigenvalue weighted by atomic mass is 10.2. The molecule has 21 heavy (non-hydrogen) atoms. The summed E-state index contributed by atoms with van der Waals surface area (Å²) >= 11 is 0. The van der Waals surface area contributed by atoms with Crippen LogP contribution in [0.5, 0.6) is 0 Å². The topological polar surface area (TPSA) is 110 Å². The Balaban J connectivity index is 1.82. The highest BCUT2D eigenvalue weighted by molar-refractivity contribution is 5.92. The molecule has 1 fully saturated rings. The zero-order valence-corrected chi connectivity index (χ0v) is 11.6. The predicted molar refractivity (Wildman–Crippen MR) is 74.3 cm³/mol. The molecular formula is C13H16N6O2. The average molecular weight is 288 g/mol. The lowest BCUT2D eigenvalue weighted by molar-refractivity contribution is 0.1000. The van der Waals surface area contributed by atoms with E-state index in [0.29, 0.717) is 23.0 Å². The molecule has 0 bridgehead atoms. The molecule has 1 unspecified atom stereocenters. The fourth-order valence-corrected chi connectivity index (χ4v) is 2.23. The van der Waals surface area contributed by atoms with Crippen molar-refractivity contribution in [1.82, 2.24) is 25.3 Å². The molecule has 8 heteroatoms. The molecule has 0 aromatic carbocycles. The van der Waals surface area contributed by atoms with E-state index in [2.05, 4.69) is 25.3 Å². The van der Waals surface area contributed by atoms with Crippen LogP contribution in [0, 0.1) is 0 Å². The summed E-state index contributed by atoms with van der Waals surface area (Å²) in [5, 5.41) is 7.33. The minimum absolute atomic E-state index is 0.0844. The van der Waals surface area contributed by atoms with Gasteiger partial charge in [-0.2, -0.15) is 4.98 Å². The number of nitrogens with two attached hydrogens (primary N) is 1. The molecule has 1 atom stereocenters. The summed E-state index contributed by atoms with van der Waals surface area (Å²) < 4.78 is 5.26. The van der Waals surface area contributed by atoms with Gasteiger partial charge in [-0.3, -0.25) is 14.7 Å². The van der Waals surface area contributed by atoms with Crippen LogP contribution >= 0.6 is 0 Å². The Morgan fingerprint density at radius 3 is 3.05 bits per heavy atom. The Morgan fingerprint density at radius 2 is 2.38 bits per heavy atom. The van der Waals surface area contributed by atoms with Crippen molar-refractivity contribution in [2.24, 2.45) is 5.73 Å². The first-order valence-electron chi connectivity index (χ1n) is 6.66. The van der Waals surface area contributed by atoms with Crippen molar-refractivity contribution in [3.63, 3.8) is 0 Å². The summed E-state index contributed by atoms with van der Waals surface area (Å²) in [4.78, 5) is 21.7. The van der Waals surface area contributed by atoms with E-state index >= 15 is 0 Å². The first-order valence-corrected chi connectivity index (χ1v) is 6.66. The van der Waals surface area contributed by atoms with Gasteiger partial charge in [0.15, 0.2) is 5.82 Å². The third-order valence-electron chi connectivity index (χ3n) is 3.52. The van der Waals surface area contributed by atoms with Gasteiger partial charge in [-0.15, -0.1) is 0 Å². The molecule has 3 heterocycles. The van der Waals surface area contributed by atoms with Crippen molar-refractivity contribution >= 4 is 5.91 Å². The van der Waals surface area contributed by atoms with E-state index < -0.39 is 5.91 Å². The highest BCUT2D eigenvalue weighted by Gasteiger charge is 2.25. The fraction of sp³-hybridized carbons (Fsp3) is 0.385. The molecule has 1 aliphatic rings. The number of rotatable bonds is 3. The van der Waals surface area contributed by atoms with Gasteiger partial charge < -0.3 is 15.6 Å². The molecule has 0 spiro atoms. The van der Waals surface area contributed by atoms with Gasteiger partial charge in [0.05, 0.1) is 11.6 Å². The van der Waals surface area contributed by atoms with Crippen molar-refractivity contribution in [3.8, 4) is 11.6 Å². The summed E-state index contributed by atoms with van der Waals surface area (Å²) in [6.45, 7) is 2.66. The summed E-state index contributed by atoms with van der Waals surface area (Å²) in [6.07, 6.45) is 1.40. The number of hydrogen-bond donors (Lipinski definition) is 2. The van der Waals surface area contributed by atoms with E-state index in [9.17, 15) is 4.79 Å². The second-order valence-corrected chi connectivity index (χ2v) is 4.95. The average Bonchev–Trinajstić information content (AvgIpc) is 2.97. The van der Waals surface area contributed by atoms with Crippen LogP contribution in [0.4, 0.5) is 0 Å². The Labute approximate surface area is 121 Å². The zero-order valence-electron chi connectivity index (χ0n) is 11.6. The Bertz CT molecular complexity index is 638. The van der Waals surface area contributed by atoms with Crippen LogP contribution in [-0.4, -0.2) is 52.6 Å². The minimum Gasteiger partial charge on any atom is -0.366 e. The standard InChI is InChI=1S/C13H16N6O2/c1-19-5-4-15-7-10(19)12-17-13(21-18-12)9-3-2-8(6-16-9)11(14)20/h2-3,6,10,15H,4-5,7H2,1H3,(H2,14,20). The summed E-state index contributed by atoms with van der Waals surface area (Å²) in [6, 6.07) is 3.31. The van der Waals surface area contributed by atoms with E-state index in [-0.39, 0.29) is 6.04 Å². The second-order valence-electron chi connectivity index (χ2n) is 4.95. The summed E-state index contributed by atoms with van der Waals surface area (Å²) in [7, 11) is 2.03. The first kappa shape index (κ1) is 13.7. The number of nitrogens with zero attached hydrogens (tertiary/aromatic N) is 4. The van der Waals surface area contributed by atoms with E-state index in [4.69, 9.17) is 10.3 Å². The van der Waals surface area contributed by atoms with E-state index in [1.54, 1.807) is 12.1 Å². The maximum atomic E-state index is 11.0. The summed E-state index contributed by atoms with van der Waals surface area (Å²) in [5.74, 6) is 0.440. The monoisotopic (exact) mass is 288 g/mol. The third-order valence-corrected chi connectivity index (χ3v) is 3.52. The lowest BCUT2D eigenvalue weighted by Crippen LogP contribution is -2.44. The predicted octanol–water partition coefficient (Wildman–Crippen LogP) is -0.193. The molecule has 0 saturated carbocycles. The first-order chi connectivity index (χ1) is 10.1. The fourth-order valence-electron chi connectivity index (χ4n) is 2.23. The molecule has 2 aromatic heterocycles. The van der Waals surface area contributed by atoms with Gasteiger partial charge in [-0.05, 0) is 19.2 Å². The van der Waals surface area contributed by atoms with Gasteiger partial charge in [-0.25, -0.2) is 0 Å². The van der Waals surface area contributed by atoms with Crippen LogP contribution in [0.25, 0.3) is 11.6 Å². The maximum Gasteiger partial charge on any atom is 0.276 e. The third kappa shape index (κ3) is 2.76. The van der Waals surface area contributed by atoms with Crippen LogP contribution in [0.1, 0.15) is 22.2 Å². The number of amides is 1. The number of nitrogens with one attached hydrogen (secondary N) is 1. The number of pyridine rings is 1. The van der Waals surface area contributed by atoms with Crippen molar-refractivity contribution < 1.29 is 9.32 Å². The molecule has 1 saturated heterocycles. The van der Waals surface area contributed by atoms with Gasteiger partial charge in [0.1, 0.15) is 5.69 Å². The molecular weight excluding hydrogens is 272 g/mol. The molecule has 8 nitrogen and oxygen atoms in total. The molecule has 0 aliphatic carbocycles. The van der Waals surface area contributed by atoms with Gasteiger partial charge in [0.2, 0.25) is 5.91 Å². The van der Waals surface area contributed by atoms with Crippen molar-refractivity contribution in [3.05, 3.63) is 29.7 Å². The Kier molecular flexibility index (Phi) is 3.63. The van der Waals surface area contributed by atoms with E-state index in [1.165, 1.54) is 6.20 Å². The maximum absolute atomic E-state index is 11.0. The number of hydrogen-bond acceptors (Lipinski definition) is 7. The van der Waals surface area contributed by atoms with Crippen LogP contribution in [-0.2, 0) is 0 Å². The number of likely N-dealkylation sites (N-methyl/N-ethyl adjacent to an activating group) is 1. The molecule has 110 valence electrons. The second kappa shape index (κ2) is 5.58. The molecule has 1 aliphatic heterocycles. The molecule has 2 aromatic rings. The number of carbonyl (C=O) groups is 1. The zero-order chi connectivity index (χ0) is 14.8. The number of carbonyl (C=O) groups excluding carboxylic acids is 1. The van der Waals surface area contributed by atoms with Crippen LogP contribution in [0.15, 0.2) is 22.9 Å². The van der Waals surface area contributed by atoms with Crippen molar-refractivity contribution in [1.29, 1.82) is 0 Å². The van der Waals surface area contributed by atoms with Crippen LogP contribution < -0.4 is 11.1 Å². The quantitative estimate of drug-likeness (QED) is 0.805. The Morgan fingerprint density at radius 1 is 1.52 bits per heavy atom. The van der Waals surface area contributed by atoms with Crippen LogP contribution in [0.2, 0.25) is 0 Å².